The quantitative estimate of drug-likeness (QED) is 0.440. The Kier molecular flexibility index (Phi) is 6.92. The van der Waals surface area contributed by atoms with Crippen LogP contribution in [0.3, 0.4) is 0 Å². The summed E-state index contributed by atoms with van der Waals surface area (Å²) in [6, 6.07) is 10.6. The molecule has 0 spiro atoms. The molecule has 2 aliphatic heterocycles. The van der Waals surface area contributed by atoms with E-state index in [1.165, 1.54) is 12.0 Å². The zero-order valence-corrected chi connectivity index (χ0v) is 17.3. The van der Waals surface area contributed by atoms with E-state index in [0.29, 0.717) is 11.3 Å². The van der Waals surface area contributed by atoms with Gasteiger partial charge in [0.25, 0.3) is 0 Å². The average Bonchev–Trinajstić information content (AvgIpc) is 3.15. The highest BCUT2D eigenvalue weighted by atomic mass is 127. The van der Waals surface area contributed by atoms with Crippen LogP contribution in [0, 0.1) is 11.3 Å². The SMILES string of the molecule is CN=C(NCC1CCOC1c1ccccc1)N1CCC(C)(C)C1.I. The Bertz CT molecular complexity index is 547. The van der Waals surface area contributed by atoms with Gasteiger partial charge < -0.3 is 15.0 Å². The highest BCUT2D eigenvalue weighted by molar-refractivity contribution is 14.0. The van der Waals surface area contributed by atoms with Gasteiger partial charge in [-0.15, -0.1) is 24.0 Å². The number of aliphatic imine (C=N–C) groups is 1. The fourth-order valence-corrected chi connectivity index (χ4v) is 3.70. The van der Waals surface area contributed by atoms with Crippen molar-refractivity contribution in [3.63, 3.8) is 0 Å². The summed E-state index contributed by atoms with van der Waals surface area (Å²) >= 11 is 0. The molecule has 4 nitrogen and oxygen atoms in total. The molecule has 0 bridgehead atoms. The molecule has 2 fully saturated rings. The molecule has 3 rings (SSSR count). The molecule has 24 heavy (non-hydrogen) atoms. The summed E-state index contributed by atoms with van der Waals surface area (Å²) in [6.07, 6.45) is 2.54. The predicted octanol–water partition coefficient (Wildman–Crippen LogP) is 3.69. The van der Waals surface area contributed by atoms with Gasteiger partial charge in [0.2, 0.25) is 0 Å². The maximum atomic E-state index is 5.98. The van der Waals surface area contributed by atoms with Crippen LogP contribution in [0.2, 0.25) is 0 Å². The Morgan fingerprint density at radius 1 is 1.33 bits per heavy atom. The van der Waals surface area contributed by atoms with Gasteiger partial charge in [-0.3, -0.25) is 4.99 Å². The van der Waals surface area contributed by atoms with Crippen LogP contribution in [0.25, 0.3) is 0 Å². The minimum atomic E-state index is 0. The van der Waals surface area contributed by atoms with Crippen LogP contribution >= 0.6 is 24.0 Å². The molecule has 1 aromatic carbocycles. The van der Waals surface area contributed by atoms with Gasteiger partial charge in [0.1, 0.15) is 0 Å². The Morgan fingerprint density at radius 3 is 2.71 bits per heavy atom. The summed E-state index contributed by atoms with van der Waals surface area (Å²) in [5.74, 6) is 1.54. The number of ether oxygens (including phenoxy) is 1. The molecule has 0 radical (unpaired) electrons. The first-order valence-corrected chi connectivity index (χ1v) is 8.71. The van der Waals surface area contributed by atoms with Gasteiger partial charge >= 0.3 is 0 Å². The summed E-state index contributed by atoms with van der Waals surface area (Å²) in [7, 11) is 1.88. The first kappa shape index (κ1) is 19.5. The Labute approximate surface area is 163 Å². The van der Waals surface area contributed by atoms with Gasteiger partial charge in [0.15, 0.2) is 5.96 Å². The fraction of sp³-hybridized carbons (Fsp3) is 0.632. The smallest absolute Gasteiger partial charge is 0.193 e. The van der Waals surface area contributed by atoms with Crippen molar-refractivity contribution in [1.29, 1.82) is 0 Å². The lowest BCUT2D eigenvalue weighted by Gasteiger charge is -2.26. The molecule has 1 aromatic rings. The van der Waals surface area contributed by atoms with Crippen molar-refractivity contribution >= 4 is 29.9 Å². The summed E-state index contributed by atoms with van der Waals surface area (Å²) in [5, 5.41) is 3.59. The van der Waals surface area contributed by atoms with E-state index in [2.05, 4.69) is 59.4 Å². The molecule has 2 unspecified atom stereocenters. The van der Waals surface area contributed by atoms with E-state index < -0.39 is 0 Å². The van der Waals surface area contributed by atoms with Crippen LogP contribution < -0.4 is 5.32 Å². The van der Waals surface area contributed by atoms with E-state index in [4.69, 9.17) is 4.74 Å². The van der Waals surface area contributed by atoms with E-state index in [0.717, 1.165) is 38.6 Å². The monoisotopic (exact) mass is 443 g/mol. The standard InChI is InChI=1S/C19H29N3O.HI/c1-19(2)10-11-22(14-19)18(20-3)21-13-16-9-12-23-17(16)15-7-5-4-6-8-15;/h4-8,16-17H,9-14H2,1-3H3,(H,20,21);1H. The Hall–Kier alpha value is -0.820. The van der Waals surface area contributed by atoms with Crippen LogP contribution in [0.1, 0.15) is 38.4 Å². The highest BCUT2D eigenvalue weighted by Gasteiger charge is 2.33. The minimum absolute atomic E-state index is 0. The van der Waals surface area contributed by atoms with E-state index in [1.807, 2.05) is 7.05 Å². The molecular weight excluding hydrogens is 413 g/mol. The molecule has 2 atom stereocenters. The number of likely N-dealkylation sites (tertiary alicyclic amines) is 1. The van der Waals surface area contributed by atoms with E-state index in [1.54, 1.807) is 0 Å². The molecule has 5 heteroatoms. The van der Waals surface area contributed by atoms with Crippen molar-refractivity contribution in [1.82, 2.24) is 10.2 Å². The van der Waals surface area contributed by atoms with Crippen molar-refractivity contribution in [2.75, 3.05) is 33.3 Å². The topological polar surface area (TPSA) is 36.9 Å². The van der Waals surface area contributed by atoms with Gasteiger partial charge in [-0.05, 0) is 23.8 Å². The number of nitrogens with one attached hydrogen (secondary N) is 1. The lowest BCUT2D eigenvalue weighted by atomic mass is 9.93. The van der Waals surface area contributed by atoms with Gasteiger partial charge in [-0.2, -0.15) is 0 Å². The number of hydrogen-bond acceptors (Lipinski definition) is 2. The van der Waals surface area contributed by atoms with E-state index in [9.17, 15) is 0 Å². The van der Waals surface area contributed by atoms with E-state index >= 15 is 0 Å². The number of rotatable bonds is 3. The van der Waals surface area contributed by atoms with Crippen molar-refractivity contribution in [3.05, 3.63) is 35.9 Å². The van der Waals surface area contributed by atoms with Gasteiger partial charge in [-0.1, -0.05) is 44.2 Å². The third-order valence-electron chi connectivity index (χ3n) is 5.05. The Morgan fingerprint density at radius 2 is 2.08 bits per heavy atom. The molecule has 2 saturated heterocycles. The van der Waals surface area contributed by atoms with E-state index in [-0.39, 0.29) is 30.1 Å². The lowest BCUT2D eigenvalue weighted by Crippen LogP contribution is -2.42. The van der Waals surface area contributed by atoms with Gasteiger partial charge in [0, 0.05) is 39.2 Å². The molecule has 1 N–H and O–H groups in total. The van der Waals surface area contributed by atoms with Crippen LogP contribution in [-0.4, -0.2) is 44.1 Å². The maximum absolute atomic E-state index is 5.98. The zero-order chi connectivity index (χ0) is 16.3. The van der Waals surface area contributed by atoms with Crippen LogP contribution in [0.4, 0.5) is 0 Å². The zero-order valence-electron chi connectivity index (χ0n) is 15.0. The minimum Gasteiger partial charge on any atom is -0.373 e. The summed E-state index contributed by atoms with van der Waals surface area (Å²) in [4.78, 5) is 6.87. The average molecular weight is 443 g/mol. The molecule has 0 aliphatic carbocycles. The fourth-order valence-electron chi connectivity index (χ4n) is 3.70. The van der Waals surface area contributed by atoms with Crippen LogP contribution in [0.15, 0.2) is 35.3 Å². The van der Waals surface area contributed by atoms with Crippen LogP contribution in [0.5, 0.6) is 0 Å². The third kappa shape index (κ3) is 4.63. The maximum Gasteiger partial charge on any atom is 0.193 e. The lowest BCUT2D eigenvalue weighted by molar-refractivity contribution is 0.0913. The van der Waals surface area contributed by atoms with Crippen molar-refractivity contribution in [2.24, 2.45) is 16.3 Å². The number of benzene rings is 1. The third-order valence-corrected chi connectivity index (χ3v) is 5.05. The summed E-state index contributed by atoms with van der Waals surface area (Å²) in [5.41, 5.74) is 1.68. The summed E-state index contributed by atoms with van der Waals surface area (Å²) in [6.45, 7) is 8.60. The van der Waals surface area contributed by atoms with Gasteiger partial charge in [0.05, 0.1) is 6.10 Å². The molecule has 0 saturated carbocycles. The molecular formula is C19H30IN3O. The molecule has 2 heterocycles. The first-order valence-electron chi connectivity index (χ1n) is 8.71. The number of guanidine groups is 1. The first-order chi connectivity index (χ1) is 11.1. The molecule has 134 valence electrons. The highest BCUT2D eigenvalue weighted by Crippen LogP contribution is 2.34. The number of nitrogens with zero attached hydrogens (tertiary/aromatic N) is 2. The second-order valence-corrected chi connectivity index (χ2v) is 7.51. The molecule has 0 aromatic heterocycles. The Balaban J connectivity index is 0.00000208. The van der Waals surface area contributed by atoms with Crippen molar-refractivity contribution < 1.29 is 4.74 Å². The number of hydrogen-bond donors (Lipinski definition) is 1. The second-order valence-electron chi connectivity index (χ2n) is 7.51. The van der Waals surface area contributed by atoms with Crippen molar-refractivity contribution in [3.8, 4) is 0 Å². The van der Waals surface area contributed by atoms with Crippen molar-refractivity contribution in [2.45, 2.75) is 32.8 Å². The summed E-state index contributed by atoms with van der Waals surface area (Å²) < 4.78 is 5.98. The molecule has 2 aliphatic rings. The van der Waals surface area contributed by atoms with Crippen LogP contribution in [-0.2, 0) is 4.74 Å². The number of halogens is 1. The predicted molar refractivity (Wildman–Crippen MR) is 110 cm³/mol. The van der Waals surface area contributed by atoms with Gasteiger partial charge in [-0.25, -0.2) is 0 Å². The second kappa shape index (κ2) is 8.52. The normalized spacial score (nSPS) is 26.3. The molecule has 0 amide bonds. The largest absolute Gasteiger partial charge is 0.373 e.